The van der Waals surface area contributed by atoms with Crippen molar-refractivity contribution in [1.82, 2.24) is 9.97 Å². The second kappa shape index (κ2) is 6.76. The predicted octanol–water partition coefficient (Wildman–Crippen LogP) is 4.91. The average Bonchev–Trinajstić information content (AvgIpc) is 3.25. The Bertz CT molecular complexity index is 871. The summed E-state index contributed by atoms with van der Waals surface area (Å²) < 4.78 is 29.4. The summed E-state index contributed by atoms with van der Waals surface area (Å²) in [4.78, 5) is 9.67. The highest BCUT2D eigenvalue weighted by Gasteiger charge is 2.24. The highest BCUT2D eigenvalue weighted by atomic mass is 32.1. The summed E-state index contributed by atoms with van der Waals surface area (Å²) in [7, 11) is 0. The van der Waals surface area contributed by atoms with Gasteiger partial charge >= 0.3 is 6.61 Å². The minimum Gasteiger partial charge on any atom is -0.435 e. The molecule has 0 aliphatic heterocycles. The number of benzene rings is 1. The van der Waals surface area contributed by atoms with Gasteiger partial charge in [-0.05, 0) is 47.5 Å². The fourth-order valence-corrected chi connectivity index (χ4v) is 3.77. The number of aromatic nitrogens is 2. The Kier molecular flexibility index (Phi) is 4.31. The Labute approximate surface area is 147 Å². The van der Waals surface area contributed by atoms with Crippen LogP contribution in [0.15, 0.2) is 48.1 Å². The van der Waals surface area contributed by atoms with Crippen molar-refractivity contribution in [2.75, 3.05) is 5.32 Å². The molecule has 3 aromatic rings. The van der Waals surface area contributed by atoms with E-state index in [1.54, 1.807) is 23.5 Å². The standard InChI is InChI=1S/C18H15F2N3OS/c19-18(20)24-12-5-3-11-4-6-14(13(11)8-12)23-17-9-15(21-10-22-17)16-2-1-7-25-16/h1-3,5,7-10,14,18H,4,6H2,(H,21,22,23)/t14-/m0/s1. The second-order valence-electron chi connectivity index (χ2n) is 5.74. The van der Waals surface area contributed by atoms with Gasteiger partial charge < -0.3 is 10.1 Å². The minimum absolute atomic E-state index is 0.0160. The van der Waals surface area contributed by atoms with Crippen molar-refractivity contribution in [3.8, 4) is 16.3 Å². The lowest BCUT2D eigenvalue weighted by Gasteiger charge is -2.16. The van der Waals surface area contributed by atoms with E-state index in [-0.39, 0.29) is 11.8 Å². The van der Waals surface area contributed by atoms with Crippen molar-refractivity contribution in [3.63, 3.8) is 0 Å². The maximum absolute atomic E-state index is 12.4. The van der Waals surface area contributed by atoms with Crippen LogP contribution >= 0.6 is 11.3 Å². The number of ether oxygens (including phenoxy) is 1. The van der Waals surface area contributed by atoms with E-state index in [1.165, 1.54) is 6.33 Å². The molecule has 0 saturated heterocycles. The van der Waals surface area contributed by atoms with E-state index in [0.717, 1.165) is 40.4 Å². The molecule has 0 radical (unpaired) electrons. The van der Waals surface area contributed by atoms with E-state index in [2.05, 4.69) is 20.0 Å². The number of nitrogens with zero attached hydrogens (tertiary/aromatic N) is 2. The van der Waals surface area contributed by atoms with Crippen molar-refractivity contribution in [2.24, 2.45) is 0 Å². The Morgan fingerprint density at radius 3 is 2.92 bits per heavy atom. The summed E-state index contributed by atoms with van der Waals surface area (Å²) in [6, 6.07) is 11.0. The average molecular weight is 359 g/mol. The number of hydrogen-bond donors (Lipinski definition) is 1. The van der Waals surface area contributed by atoms with Gasteiger partial charge in [0.2, 0.25) is 0 Å². The number of nitrogens with one attached hydrogen (secondary N) is 1. The maximum Gasteiger partial charge on any atom is 0.387 e. The zero-order chi connectivity index (χ0) is 17.2. The number of hydrogen-bond acceptors (Lipinski definition) is 5. The van der Waals surface area contributed by atoms with Crippen LogP contribution in [0, 0.1) is 0 Å². The number of rotatable bonds is 5. The monoisotopic (exact) mass is 359 g/mol. The summed E-state index contributed by atoms with van der Waals surface area (Å²) in [5, 5.41) is 5.39. The van der Waals surface area contributed by atoms with E-state index in [1.807, 2.05) is 29.6 Å². The summed E-state index contributed by atoms with van der Waals surface area (Å²) in [6.45, 7) is -2.82. The number of aryl methyl sites for hydroxylation is 1. The van der Waals surface area contributed by atoms with Gasteiger partial charge in [-0.1, -0.05) is 12.1 Å². The lowest BCUT2D eigenvalue weighted by atomic mass is 10.1. The molecule has 0 bridgehead atoms. The molecule has 25 heavy (non-hydrogen) atoms. The molecule has 0 unspecified atom stereocenters. The van der Waals surface area contributed by atoms with Crippen LogP contribution in [-0.2, 0) is 6.42 Å². The molecule has 2 heterocycles. The molecule has 4 rings (SSSR count). The third-order valence-corrected chi connectivity index (χ3v) is 5.08. The summed E-state index contributed by atoms with van der Waals surface area (Å²) in [5.74, 6) is 0.904. The largest absolute Gasteiger partial charge is 0.435 e. The van der Waals surface area contributed by atoms with E-state index in [4.69, 9.17) is 0 Å². The number of anilines is 1. The van der Waals surface area contributed by atoms with Crippen LogP contribution in [0.1, 0.15) is 23.6 Å². The molecule has 4 nitrogen and oxygen atoms in total. The first-order chi connectivity index (χ1) is 12.2. The molecule has 128 valence electrons. The molecule has 0 saturated carbocycles. The molecule has 2 aromatic heterocycles. The van der Waals surface area contributed by atoms with Crippen LogP contribution < -0.4 is 10.1 Å². The third kappa shape index (κ3) is 3.46. The zero-order valence-electron chi connectivity index (χ0n) is 13.2. The van der Waals surface area contributed by atoms with E-state index in [0.29, 0.717) is 0 Å². The van der Waals surface area contributed by atoms with Crippen molar-refractivity contribution >= 4 is 17.2 Å². The van der Waals surface area contributed by atoms with Gasteiger partial charge in [0.15, 0.2) is 0 Å². The van der Waals surface area contributed by atoms with Gasteiger partial charge in [-0.25, -0.2) is 9.97 Å². The van der Waals surface area contributed by atoms with Crippen LogP contribution in [0.4, 0.5) is 14.6 Å². The zero-order valence-corrected chi connectivity index (χ0v) is 14.0. The van der Waals surface area contributed by atoms with Crippen LogP contribution in [0.3, 0.4) is 0 Å². The third-order valence-electron chi connectivity index (χ3n) is 4.18. The Hall–Kier alpha value is -2.54. The van der Waals surface area contributed by atoms with Crippen molar-refractivity contribution < 1.29 is 13.5 Å². The van der Waals surface area contributed by atoms with Crippen LogP contribution in [0.5, 0.6) is 5.75 Å². The van der Waals surface area contributed by atoms with Crippen molar-refractivity contribution in [3.05, 3.63) is 59.2 Å². The lowest BCUT2D eigenvalue weighted by Crippen LogP contribution is -2.09. The van der Waals surface area contributed by atoms with Crippen LogP contribution in [0.2, 0.25) is 0 Å². The van der Waals surface area contributed by atoms with Crippen molar-refractivity contribution in [1.29, 1.82) is 0 Å². The number of thiophene rings is 1. The molecular weight excluding hydrogens is 344 g/mol. The fourth-order valence-electron chi connectivity index (χ4n) is 3.08. The summed E-state index contributed by atoms with van der Waals surface area (Å²) in [6.07, 6.45) is 3.31. The highest BCUT2D eigenvalue weighted by Crippen LogP contribution is 2.36. The molecule has 1 N–H and O–H groups in total. The molecule has 0 spiro atoms. The van der Waals surface area contributed by atoms with E-state index < -0.39 is 6.61 Å². The first kappa shape index (κ1) is 16.0. The van der Waals surface area contributed by atoms with Crippen molar-refractivity contribution in [2.45, 2.75) is 25.5 Å². The maximum atomic E-state index is 12.4. The molecule has 0 fully saturated rings. The van der Waals surface area contributed by atoms with Gasteiger partial charge in [-0.2, -0.15) is 8.78 Å². The number of fused-ring (bicyclic) bond motifs is 1. The minimum atomic E-state index is -2.82. The topological polar surface area (TPSA) is 47.0 Å². The molecule has 0 amide bonds. The summed E-state index contributed by atoms with van der Waals surface area (Å²) >= 11 is 1.62. The molecule has 1 atom stereocenters. The molecule has 1 aromatic carbocycles. The fraction of sp³-hybridized carbons (Fsp3) is 0.222. The van der Waals surface area contributed by atoms with Gasteiger partial charge in [-0.15, -0.1) is 11.3 Å². The van der Waals surface area contributed by atoms with Gasteiger partial charge in [0.1, 0.15) is 17.9 Å². The quantitative estimate of drug-likeness (QED) is 0.703. The summed E-state index contributed by atoms with van der Waals surface area (Å²) in [5.41, 5.74) is 2.99. The normalized spacial score (nSPS) is 16.0. The predicted molar refractivity (Wildman–Crippen MR) is 93.1 cm³/mol. The lowest BCUT2D eigenvalue weighted by molar-refractivity contribution is -0.0498. The highest BCUT2D eigenvalue weighted by molar-refractivity contribution is 7.13. The van der Waals surface area contributed by atoms with Crippen LogP contribution in [-0.4, -0.2) is 16.6 Å². The van der Waals surface area contributed by atoms with Gasteiger partial charge in [-0.3, -0.25) is 0 Å². The van der Waals surface area contributed by atoms with E-state index >= 15 is 0 Å². The second-order valence-corrected chi connectivity index (χ2v) is 6.69. The first-order valence-electron chi connectivity index (χ1n) is 7.89. The van der Waals surface area contributed by atoms with Crippen LogP contribution in [0.25, 0.3) is 10.6 Å². The van der Waals surface area contributed by atoms with Gasteiger partial charge in [0, 0.05) is 6.07 Å². The number of halogens is 2. The number of alkyl halides is 2. The Morgan fingerprint density at radius 2 is 2.12 bits per heavy atom. The molecular formula is C18H15F2N3OS. The molecule has 7 heteroatoms. The smallest absolute Gasteiger partial charge is 0.387 e. The van der Waals surface area contributed by atoms with Gasteiger partial charge in [0.25, 0.3) is 0 Å². The first-order valence-corrected chi connectivity index (χ1v) is 8.77. The Balaban J connectivity index is 1.56. The van der Waals surface area contributed by atoms with E-state index in [9.17, 15) is 8.78 Å². The Morgan fingerprint density at radius 1 is 1.20 bits per heavy atom. The SMILES string of the molecule is FC(F)Oc1ccc2c(c1)[C@@H](Nc1cc(-c3cccs3)ncn1)CC2. The van der Waals surface area contributed by atoms with Gasteiger partial charge in [0.05, 0.1) is 16.6 Å². The molecule has 1 aliphatic carbocycles. The molecule has 1 aliphatic rings.